The van der Waals surface area contributed by atoms with Crippen LogP contribution in [-0.2, 0) is 11.4 Å². The first-order valence-corrected chi connectivity index (χ1v) is 9.63. The third-order valence-corrected chi connectivity index (χ3v) is 4.90. The number of hydrogen-bond donors (Lipinski definition) is 0. The molecule has 2 aromatic rings. The topological polar surface area (TPSA) is 55.8 Å². The molecule has 0 atom stereocenters. The molecule has 140 valence electrons. The molecular formula is C21H21NO4S. The van der Waals surface area contributed by atoms with Gasteiger partial charge in [0.15, 0.2) is 11.5 Å². The summed E-state index contributed by atoms with van der Waals surface area (Å²) in [5.74, 6) is 0.992. The Hall–Kier alpha value is -2.73. The fourth-order valence-electron chi connectivity index (χ4n) is 2.66. The zero-order valence-electron chi connectivity index (χ0n) is 15.3. The number of hydrogen-bond acceptors (Lipinski definition) is 5. The van der Waals surface area contributed by atoms with E-state index in [1.54, 1.807) is 13.0 Å². The van der Waals surface area contributed by atoms with Crippen molar-refractivity contribution in [2.75, 3.05) is 13.2 Å². The van der Waals surface area contributed by atoms with E-state index < -0.39 is 0 Å². The Morgan fingerprint density at radius 1 is 1.00 bits per heavy atom. The molecule has 0 radical (unpaired) electrons. The van der Waals surface area contributed by atoms with Crippen LogP contribution in [0.2, 0.25) is 0 Å². The van der Waals surface area contributed by atoms with Gasteiger partial charge in [-0.1, -0.05) is 36.4 Å². The minimum atomic E-state index is -0.255. The lowest BCUT2D eigenvalue weighted by Gasteiger charge is -2.13. The molecule has 0 aliphatic carbocycles. The highest BCUT2D eigenvalue weighted by Gasteiger charge is 2.33. The Morgan fingerprint density at radius 2 is 1.78 bits per heavy atom. The number of likely N-dealkylation sites (N-methyl/N-ethyl adjacent to an activating group) is 1. The number of rotatable bonds is 7. The molecule has 1 fully saturated rings. The van der Waals surface area contributed by atoms with E-state index in [1.165, 1.54) is 4.90 Å². The second-order valence-corrected chi connectivity index (χ2v) is 6.83. The van der Waals surface area contributed by atoms with E-state index in [9.17, 15) is 9.59 Å². The summed E-state index contributed by atoms with van der Waals surface area (Å²) in [6, 6.07) is 15.4. The number of nitrogens with zero attached hydrogens (tertiary/aromatic N) is 1. The van der Waals surface area contributed by atoms with E-state index in [2.05, 4.69) is 0 Å². The van der Waals surface area contributed by atoms with Gasteiger partial charge in [0.2, 0.25) is 0 Å². The first-order chi connectivity index (χ1) is 13.1. The third kappa shape index (κ3) is 4.52. The van der Waals surface area contributed by atoms with Crippen molar-refractivity contribution in [3.05, 3.63) is 64.6 Å². The van der Waals surface area contributed by atoms with Gasteiger partial charge in [-0.25, -0.2) is 0 Å². The van der Waals surface area contributed by atoms with Crippen LogP contribution >= 0.6 is 11.8 Å². The number of imide groups is 1. The van der Waals surface area contributed by atoms with Gasteiger partial charge in [-0.15, -0.1) is 0 Å². The molecule has 1 heterocycles. The molecule has 0 unspecified atom stereocenters. The highest BCUT2D eigenvalue weighted by molar-refractivity contribution is 8.18. The second kappa shape index (κ2) is 8.77. The molecule has 1 saturated heterocycles. The van der Waals surface area contributed by atoms with Gasteiger partial charge in [-0.2, -0.15) is 0 Å². The number of amides is 2. The normalized spacial score (nSPS) is 15.5. The smallest absolute Gasteiger partial charge is 0.293 e. The van der Waals surface area contributed by atoms with Crippen molar-refractivity contribution < 1.29 is 19.1 Å². The molecule has 0 bridgehead atoms. The molecule has 1 aliphatic rings. The van der Waals surface area contributed by atoms with E-state index >= 15 is 0 Å². The number of carbonyl (C=O) groups is 2. The SMILES string of the molecule is CCOc1cc(/C=C2/SC(=O)N(CC)C2=O)ccc1OCc1ccccc1. The van der Waals surface area contributed by atoms with E-state index in [0.717, 1.165) is 22.9 Å². The summed E-state index contributed by atoms with van der Waals surface area (Å²) in [4.78, 5) is 25.7. The van der Waals surface area contributed by atoms with Crippen LogP contribution in [0.25, 0.3) is 6.08 Å². The minimum absolute atomic E-state index is 0.235. The Morgan fingerprint density at radius 3 is 2.44 bits per heavy atom. The van der Waals surface area contributed by atoms with Gasteiger partial charge < -0.3 is 9.47 Å². The van der Waals surface area contributed by atoms with E-state index in [0.29, 0.717) is 36.2 Å². The summed E-state index contributed by atoms with van der Waals surface area (Å²) in [7, 11) is 0. The van der Waals surface area contributed by atoms with Crippen molar-refractivity contribution in [1.29, 1.82) is 0 Å². The Bertz CT molecular complexity index is 864. The summed E-state index contributed by atoms with van der Waals surface area (Å²) in [5.41, 5.74) is 1.85. The Kier molecular flexibility index (Phi) is 6.19. The van der Waals surface area contributed by atoms with Crippen LogP contribution in [0, 0.1) is 0 Å². The summed E-state index contributed by atoms with van der Waals surface area (Å²) in [5, 5.41) is -0.235. The Balaban J connectivity index is 1.80. The van der Waals surface area contributed by atoms with Crippen LogP contribution in [0.4, 0.5) is 4.79 Å². The summed E-state index contributed by atoms with van der Waals surface area (Å²) in [6.07, 6.45) is 1.71. The first kappa shape index (κ1) is 19.0. The highest BCUT2D eigenvalue weighted by atomic mass is 32.2. The average molecular weight is 383 g/mol. The number of benzene rings is 2. The molecule has 3 rings (SSSR count). The van der Waals surface area contributed by atoms with E-state index in [1.807, 2.05) is 55.5 Å². The van der Waals surface area contributed by atoms with Crippen LogP contribution in [0.1, 0.15) is 25.0 Å². The number of carbonyl (C=O) groups excluding carboxylic acids is 2. The minimum Gasteiger partial charge on any atom is -0.490 e. The predicted molar refractivity (Wildman–Crippen MR) is 107 cm³/mol. The van der Waals surface area contributed by atoms with Gasteiger partial charge in [-0.3, -0.25) is 14.5 Å². The second-order valence-electron chi connectivity index (χ2n) is 5.84. The van der Waals surface area contributed by atoms with Crippen LogP contribution in [-0.4, -0.2) is 29.2 Å². The van der Waals surface area contributed by atoms with Gasteiger partial charge in [0.05, 0.1) is 11.5 Å². The Labute approximate surface area is 163 Å². The molecule has 0 saturated carbocycles. The first-order valence-electron chi connectivity index (χ1n) is 8.81. The number of thioether (sulfide) groups is 1. The maximum atomic E-state index is 12.2. The maximum Gasteiger partial charge on any atom is 0.293 e. The summed E-state index contributed by atoms with van der Waals surface area (Å²) in [6.45, 7) is 5.00. The van der Waals surface area contributed by atoms with Crippen LogP contribution < -0.4 is 9.47 Å². The van der Waals surface area contributed by atoms with Crippen LogP contribution in [0.15, 0.2) is 53.4 Å². The summed E-state index contributed by atoms with van der Waals surface area (Å²) >= 11 is 0.959. The lowest BCUT2D eigenvalue weighted by atomic mass is 10.1. The quantitative estimate of drug-likeness (QED) is 0.648. The lowest BCUT2D eigenvalue weighted by molar-refractivity contribution is -0.122. The molecule has 5 nitrogen and oxygen atoms in total. The molecule has 2 aromatic carbocycles. The van der Waals surface area contributed by atoms with Gasteiger partial charge in [-0.05, 0) is 54.9 Å². The van der Waals surface area contributed by atoms with Gasteiger partial charge in [0.1, 0.15) is 6.61 Å². The maximum absolute atomic E-state index is 12.2. The molecule has 6 heteroatoms. The largest absolute Gasteiger partial charge is 0.490 e. The average Bonchev–Trinajstić information content (AvgIpc) is 2.95. The zero-order chi connectivity index (χ0) is 19.2. The number of ether oxygens (including phenoxy) is 2. The van der Waals surface area contributed by atoms with Gasteiger partial charge in [0.25, 0.3) is 11.1 Å². The van der Waals surface area contributed by atoms with Crippen molar-refractivity contribution in [2.24, 2.45) is 0 Å². The fourth-order valence-corrected chi connectivity index (χ4v) is 3.56. The molecule has 0 N–H and O–H groups in total. The van der Waals surface area contributed by atoms with Gasteiger partial charge >= 0.3 is 0 Å². The third-order valence-electron chi connectivity index (χ3n) is 3.99. The fraction of sp³-hybridized carbons (Fsp3) is 0.238. The molecule has 0 spiro atoms. The van der Waals surface area contributed by atoms with Crippen molar-refractivity contribution in [2.45, 2.75) is 20.5 Å². The van der Waals surface area contributed by atoms with Crippen LogP contribution in [0.5, 0.6) is 11.5 Å². The molecule has 27 heavy (non-hydrogen) atoms. The highest BCUT2D eigenvalue weighted by Crippen LogP contribution is 2.34. The lowest BCUT2D eigenvalue weighted by Crippen LogP contribution is -2.27. The molecule has 2 amide bonds. The van der Waals surface area contributed by atoms with Crippen molar-refractivity contribution in [1.82, 2.24) is 4.90 Å². The van der Waals surface area contributed by atoms with E-state index in [4.69, 9.17) is 9.47 Å². The monoisotopic (exact) mass is 383 g/mol. The standard InChI is InChI=1S/C21H21NO4S/c1-3-22-20(23)19(27-21(22)24)13-16-10-11-17(18(12-16)25-4-2)26-14-15-8-6-5-7-9-15/h5-13H,3-4,14H2,1-2H3/b19-13+. The van der Waals surface area contributed by atoms with Crippen molar-refractivity contribution in [3.63, 3.8) is 0 Å². The van der Waals surface area contributed by atoms with E-state index in [-0.39, 0.29) is 11.1 Å². The molecule has 1 aliphatic heterocycles. The van der Waals surface area contributed by atoms with Crippen molar-refractivity contribution >= 4 is 29.0 Å². The van der Waals surface area contributed by atoms with Gasteiger partial charge in [0, 0.05) is 6.54 Å². The zero-order valence-corrected chi connectivity index (χ0v) is 16.1. The van der Waals surface area contributed by atoms with Crippen molar-refractivity contribution in [3.8, 4) is 11.5 Å². The molecular weight excluding hydrogens is 362 g/mol. The summed E-state index contributed by atoms with van der Waals surface area (Å²) < 4.78 is 11.6. The predicted octanol–water partition coefficient (Wildman–Crippen LogP) is 4.72. The van der Waals surface area contributed by atoms with Crippen LogP contribution in [0.3, 0.4) is 0 Å². The molecule has 0 aromatic heterocycles.